The number of hydrogen-bond acceptors (Lipinski definition) is 6. The highest BCUT2D eigenvalue weighted by Gasteiger charge is 2.44. The van der Waals surface area contributed by atoms with E-state index in [-0.39, 0.29) is 6.61 Å². The van der Waals surface area contributed by atoms with Crippen LogP contribution in [0, 0.1) is 10.1 Å². The summed E-state index contributed by atoms with van der Waals surface area (Å²) >= 11 is 0. The zero-order valence-electron chi connectivity index (χ0n) is 10.3. The normalized spacial score (nSPS) is 29.1. The monoisotopic (exact) mass is 277 g/mol. The molecule has 104 valence electrons. The smallest absolute Gasteiger partial charge is 0.431 e. The van der Waals surface area contributed by atoms with Crippen LogP contribution in [-0.4, -0.2) is 29.5 Å². The quantitative estimate of drug-likeness (QED) is 0.596. The van der Waals surface area contributed by atoms with Crippen LogP contribution >= 0.6 is 0 Å². The maximum Gasteiger partial charge on any atom is 0.432 e. The average molecular weight is 277 g/mol. The molecule has 0 N–H and O–H groups in total. The maximum absolute atomic E-state index is 11.9. The van der Waals surface area contributed by atoms with Crippen LogP contribution in [0.4, 0.5) is 0 Å². The first kappa shape index (κ1) is 12.8. The van der Waals surface area contributed by atoms with E-state index in [1.807, 2.05) is 30.3 Å². The highest BCUT2D eigenvalue weighted by atomic mass is 16.7. The van der Waals surface area contributed by atoms with Gasteiger partial charge in [0.2, 0.25) is 0 Å². The minimum absolute atomic E-state index is 0.0567. The lowest BCUT2D eigenvalue weighted by Crippen LogP contribution is -2.49. The molecule has 0 saturated carbocycles. The Bertz CT molecular complexity index is 569. The van der Waals surface area contributed by atoms with Crippen LogP contribution in [0.25, 0.3) is 0 Å². The van der Waals surface area contributed by atoms with Crippen LogP contribution in [0.2, 0.25) is 0 Å². The third-order valence-corrected chi connectivity index (χ3v) is 3.09. The Balaban J connectivity index is 1.79. The van der Waals surface area contributed by atoms with Crippen LogP contribution in [0.5, 0.6) is 0 Å². The van der Waals surface area contributed by atoms with Gasteiger partial charge in [-0.2, -0.15) is 0 Å². The Hall–Kier alpha value is -2.25. The molecule has 2 heterocycles. The second-order valence-corrected chi connectivity index (χ2v) is 4.43. The van der Waals surface area contributed by atoms with E-state index in [2.05, 4.69) is 0 Å². The number of ether oxygens (including phenoxy) is 3. The first-order valence-electron chi connectivity index (χ1n) is 6.04. The summed E-state index contributed by atoms with van der Waals surface area (Å²) in [6.45, 7) is 0.0567. The van der Waals surface area contributed by atoms with Gasteiger partial charge in [-0.1, -0.05) is 30.3 Å². The van der Waals surface area contributed by atoms with Crippen molar-refractivity contribution in [2.75, 3.05) is 6.61 Å². The summed E-state index contributed by atoms with van der Waals surface area (Å²) in [5.41, 5.74) is 0.780. The molecule has 0 radical (unpaired) electrons. The van der Waals surface area contributed by atoms with Crippen molar-refractivity contribution >= 4 is 5.78 Å². The van der Waals surface area contributed by atoms with Gasteiger partial charge in [0.05, 0.1) is 6.61 Å². The average Bonchev–Trinajstić information content (AvgIpc) is 2.47. The van der Waals surface area contributed by atoms with E-state index >= 15 is 0 Å². The van der Waals surface area contributed by atoms with E-state index in [0.717, 1.165) is 11.6 Å². The second kappa shape index (κ2) is 5.03. The zero-order valence-corrected chi connectivity index (χ0v) is 10.3. The van der Waals surface area contributed by atoms with Crippen LogP contribution < -0.4 is 0 Å². The minimum Gasteiger partial charge on any atom is -0.431 e. The van der Waals surface area contributed by atoms with Gasteiger partial charge in [-0.15, -0.1) is 0 Å². The van der Waals surface area contributed by atoms with Gasteiger partial charge in [0.1, 0.15) is 11.0 Å². The number of carbonyl (C=O) groups is 1. The molecule has 1 aromatic carbocycles. The number of nitro groups is 1. The summed E-state index contributed by atoms with van der Waals surface area (Å²) in [7, 11) is 0. The summed E-state index contributed by atoms with van der Waals surface area (Å²) in [4.78, 5) is 21.8. The molecular weight excluding hydrogens is 266 g/mol. The van der Waals surface area contributed by atoms with E-state index in [4.69, 9.17) is 14.2 Å². The Morgan fingerprint density at radius 2 is 2.00 bits per heavy atom. The number of fused-ring (bicyclic) bond motifs is 1. The Morgan fingerprint density at radius 1 is 1.25 bits per heavy atom. The van der Waals surface area contributed by atoms with Gasteiger partial charge in [0.15, 0.2) is 24.3 Å². The van der Waals surface area contributed by atoms with Crippen molar-refractivity contribution < 1.29 is 23.9 Å². The first-order chi connectivity index (χ1) is 9.65. The predicted octanol–water partition coefficient (Wildman–Crippen LogP) is 1.19. The summed E-state index contributed by atoms with van der Waals surface area (Å²) in [5.74, 6) is -1.04. The lowest BCUT2D eigenvalue weighted by molar-refractivity contribution is -0.472. The fraction of sp³-hybridized carbons (Fsp3) is 0.308. The number of ketones is 1. The molecule has 3 atom stereocenters. The van der Waals surface area contributed by atoms with Crippen molar-refractivity contribution in [3.63, 3.8) is 0 Å². The van der Waals surface area contributed by atoms with E-state index < -0.39 is 35.1 Å². The van der Waals surface area contributed by atoms with Crippen LogP contribution in [0.1, 0.15) is 11.9 Å². The van der Waals surface area contributed by atoms with E-state index in [9.17, 15) is 14.9 Å². The number of benzene rings is 1. The maximum atomic E-state index is 11.9. The van der Waals surface area contributed by atoms with Gasteiger partial charge >= 0.3 is 5.88 Å². The molecule has 2 aliphatic rings. The van der Waals surface area contributed by atoms with Crippen molar-refractivity contribution in [1.82, 2.24) is 0 Å². The molecular formula is C13H11NO6. The van der Waals surface area contributed by atoms with Gasteiger partial charge in [-0.05, 0) is 0 Å². The molecule has 0 aliphatic carbocycles. The Morgan fingerprint density at radius 3 is 2.70 bits per heavy atom. The van der Waals surface area contributed by atoms with Gasteiger partial charge in [0, 0.05) is 5.56 Å². The summed E-state index contributed by atoms with van der Waals surface area (Å²) in [6, 6.07) is 9.15. The molecule has 1 saturated heterocycles. The van der Waals surface area contributed by atoms with Crippen molar-refractivity contribution in [3.8, 4) is 0 Å². The van der Waals surface area contributed by atoms with Crippen LogP contribution in [0.3, 0.4) is 0 Å². The van der Waals surface area contributed by atoms with Gasteiger partial charge in [-0.3, -0.25) is 14.9 Å². The molecule has 1 fully saturated rings. The number of hydrogen-bond donors (Lipinski definition) is 0. The van der Waals surface area contributed by atoms with E-state index in [1.54, 1.807) is 0 Å². The Kier molecular flexibility index (Phi) is 3.21. The standard InChI is InChI=1S/C13H11NO6/c15-9-6-11(14(16)17)19-10-7-18-13(20-12(9)10)8-4-2-1-3-5-8/h1-6,10,12-13H,7H2/t10-,12+,13-/m1/s1. The van der Waals surface area contributed by atoms with Crippen molar-refractivity contribution in [2.45, 2.75) is 18.5 Å². The molecule has 0 spiro atoms. The SMILES string of the molecule is O=C1C=C([N+](=O)[O-])O[C@@H]2CO[C@@H](c3ccccc3)O[C@@H]12. The van der Waals surface area contributed by atoms with Crippen LogP contribution in [-0.2, 0) is 19.0 Å². The summed E-state index contributed by atoms with van der Waals surface area (Å²) in [5, 5.41) is 10.6. The third kappa shape index (κ3) is 2.28. The molecule has 0 amide bonds. The highest BCUT2D eigenvalue weighted by Crippen LogP contribution is 2.31. The highest BCUT2D eigenvalue weighted by molar-refractivity contribution is 5.95. The topological polar surface area (TPSA) is 87.9 Å². The van der Waals surface area contributed by atoms with Crippen molar-refractivity contribution in [2.24, 2.45) is 0 Å². The third-order valence-electron chi connectivity index (χ3n) is 3.09. The fourth-order valence-corrected chi connectivity index (χ4v) is 2.15. The molecule has 0 aromatic heterocycles. The van der Waals surface area contributed by atoms with Crippen molar-refractivity contribution in [3.05, 3.63) is 58.0 Å². The predicted molar refractivity (Wildman–Crippen MR) is 65.0 cm³/mol. The Labute approximate surface area is 113 Å². The van der Waals surface area contributed by atoms with Crippen LogP contribution in [0.15, 0.2) is 42.3 Å². The van der Waals surface area contributed by atoms with Gasteiger partial charge in [-0.25, -0.2) is 0 Å². The zero-order chi connectivity index (χ0) is 14.1. The van der Waals surface area contributed by atoms with Gasteiger partial charge in [0.25, 0.3) is 0 Å². The largest absolute Gasteiger partial charge is 0.432 e. The lowest BCUT2D eigenvalue weighted by atomic mass is 10.1. The van der Waals surface area contributed by atoms with E-state index in [0.29, 0.717) is 0 Å². The number of nitrogens with zero attached hydrogens (tertiary/aromatic N) is 1. The number of rotatable bonds is 2. The fourth-order valence-electron chi connectivity index (χ4n) is 2.15. The van der Waals surface area contributed by atoms with E-state index in [1.165, 1.54) is 0 Å². The minimum atomic E-state index is -0.877. The molecule has 7 heteroatoms. The number of carbonyl (C=O) groups excluding carboxylic acids is 1. The molecule has 20 heavy (non-hydrogen) atoms. The lowest BCUT2D eigenvalue weighted by Gasteiger charge is -2.36. The summed E-state index contributed by atoms with van der Waals surface area (Å²) < 4.78 is 16.1. The molecule has 0 unspecified atom stereocenters. The summed E-state index contributed by atoms with van der Waals surface area (Å²) in [6.07, 6.45) is -1.48. The van der Waals surface area contributed by atoms with Crippen molar-refractivity contribution in [1.29, 1.82) is 0 Å². The molecule has 1 aromatic rings. The second-order valence-electron chi connectivity index (χ2n) is 4.43. The first-order valence-corrected chi connectivity index (χ1v) is 6.04. The molecule has 0 bridgehead atoms. The molecule has 7 nitrogen and oxygen atoms in total. The van der Waals surface area contributed by atoms with Gasteiger partial charge < -0.3 is 14.2 Å². The molecule has 2 aliphatic heterocycles. The molecule has 3 rings (SSSR count).